The number of carbonyl (C=O) groups is 2. The van der Waals surface area contributed by atoms with Crippen molar-refractivity contribution in [3.05, 3.63) is 0 Å². The van der Waals surface area contributed by atoms with Crippen LogP contribution < -0.4 is 10.6 Å². The van der Waals surface area contributed by atoms with Gasteiger partial charge in [0.15, 0.2) is 0 Å². The van der Waals surface area contributed by atoms with Crippen LogP contribution >= 0.6 is 0 Å². The fourth-order valence-electron chi connectivity index (χ4n) is 1.98. The SMILES string of the molecule is C#CCNC(=O)[C@@H]1C(=O)NC[C@H]1C(C)(C)C. The molecule has 0 aromatic carbocycles. The summed E-state index contributed by atoms with van der Waals surface area (Å²) in [6.45, 7) is 6.80. The Kier molecular flexibility index (Phi) is 3.58. The Balaban J connectivity index is 2.79. The van der Waals surface area contributed by atoms with E-state index in [1.54, 1.807) is 0 Å². The number of hydrogen-bond acceptors (Lipinski definition) is 2. The third kappa shape index (κ3) is 2.54. The summed E-state index contributed by atoms with van der Waals surface area (Å²) in [4.78, 5) is 23.4. The molecule has 0 aliphatic carbocycles. The van der Waals surface area contributed by atoms with E-state index in [1.807, 2.05) is 20.8 Å². The first-order valence-corrected chi connectivity index (χ1v) is 5.37. The lowest BCUT2D eigenvalue weighted by atomic mass is 9.74. The minimum absolute atomic E-state index is 0.0118. The van der Waals surface area contributed by atoms with Crippen molar-refractivity contribution in [2.45, 2.75) is 20.8 Å². The molecule has 2 N–H and O–H groups in total. The normalized spacial score (nSPS) is 24.8. The molecule has 2 atom stereocenters. The molecular weight excluding hydrogens is 204 g/mol. The molecule has 0 radical (unpaired) electrons. The van der Waals surface area contributed by atoms with Gasteiger partial charge >= 0.3 is 0 Å². The maximum atomic E-state index is 11.8. The third-order valence-corrected chi connectivity index (χ3v) is 2.94. The molecule has 0 saturated carbocycles. The molecule has 1 aliphatic rings. The van der Waals surface area contributed by atoms with Crippen molar-refractivity contribution in [2.24, 2.45) is 17.3 Å². The highest BCUT2D eigenvalue weighted by molar-refractivity contribution is 6.02. The zero-order valence-electron chi connectivity index (χ0n) is 9.96. The van der Waals surface area contributed by atoms with E-state index in [2.05, 4.69) is 16.6 Å². The monoisotopic (exact) mass is 222 g/mol. The minimum Gasteiger partial charge on any atom is -0.355 e. The zero-order chi connectivity index (χ0) is 12.3. The fraction of sp³-hybridized carbons (Fsp3) is 0.667. The molecule has 1 heterocycles. The second-order valence-electron chi connectivity index (χ2n) is 5.12. The first kappa shape index (κ1) is 12.6. The van der Waals surface area contributed by atoms with E-state index in [0.29, 0.717) is 6.54 Å². The third-order valence-electron chi connectivity index (χ3n) is 2.94. The second kappa shape index (κ2) is 4.56. The van der Waals surface area contributed by atoms with Crippen LogP contribution in [0.4, 0.5) is 0 Å². The number of amides is 2. The van der Waals surface area contributed by atoms with E-state index in [0.717, 1.165) is 0 Å². The lowest BCUT2D eigenvalue weighted by Gasteiger charge is -2.29. The quantitative estimate of drug-likeness (QED) is 0.516. The molecule has 0 unspecified atom stereocenters. The van der Waals surface area contributed by atoms with E-state index in [1.165, 1.54) is 0 Å². The summed E-state index contributed by atoms with van der Waals surface area (Å²) < 4.78 is 0. The van der Waals surface area contributed by atoms with Crippen molar-refractivity contribution in [1.82, 2.24) is 10.6 Å². The molecule has 1 fully saturated rings. The highest BCUT2D eigenvalue weighted by atomic mass is 16.2. The molecule has 88 valence electrons. The average molecular weight is 222 g/mol. The van der Waals surface area contributed by atoms with Gasteiger partial charge in [0, 0.05) is 12.5 Å². The van der Waals surface area contributed by atoms with Gasteiger partial charge in [-0.1, -0.05) is 26.7 Å². The van der Waals surface area contributed by atoms with Crippen LogP contribution in [0, 0.1) is 29.6 Å². The van der Waals surface area contributed by atoms with Gasteiger partial charge < -0.3 is 10.6 Å². The van der Waals surface area contributed by atoms with Crippen LogP contribution in [-0.4, -0.2) is 24.9 Å². The van der Waals surface area contributed by atoms with Gasteiger partial charge in [0.05, 0.1) is 6.54 Å². The molecule has 0 bridgehead atoms. The van der Waals surface area contributed by atoms with Crippen LogP contribution in [0.15, 0.2) is 0 Å². The first-order valence-electron chi connectivity index (χ1n) is 5.37. The van der Waals surface area contributed by atoms with Gasteiger partial charge in [0.1, 0.15) is 5.92 Å². The van der Waals surface area contributed by atoms with Gasteiger partial charge in [-0.05, 0) is 5.41 Å². The summed E-state index contributed by atoms with van der Waals surface area (Å²) in [6, 6.07) is 0. The smallest absolute Gasteiger partial charge is 0.233 e. The number of nitrogens with one attached hydrogen (secondary N) is 2. The van der Waals surface area contributed by atoms with Crippen LogP contribution in [0.2, 0.25) is 0 Å². The van der Waals surface area contributed by atoms with E-state index in [9.17, 15) is 9.59 Å². The van der Waals surface area contributed by atoms with Gasteiger partial charge in [0.25, 0.3) is 0 Å². The lowest BCUT2D eigenvalue weighted by Crippen LogP contribution is -2.41. The first-order chi connectivity index (χ1) is 7.38. The summed E-state index contributed by atoms with van der Waals surface area (Å²) >= 11 is 0. The van der Waals surface area contributed by atoms with E-state index in [-0.39, 0.29) is 29.7 Å². The molecule has 1 rings (SSSR count). The van der Waals surface area contributed by atoms with E-state index in [4.69, 9.17) is 6.42 Å². The molecule has 0 aromatic heterocycles. The number of terminal acetylenes is 1. The zero-order valence-corrected chi connectivity index (χ0v) is 9.96. The number of hydrogen-bond donors (Lipinski definition) is 2. The predicted octanol–water partition coefficient (Wildman–Crippen LogP) is 0.144. The van der Waals surface area contributed by atoms with Crippen molar-refractivity contribution in [3.63, 3.8) is 0 Å². The molecular formula is C12H18N2O2. The molecule has 4 heteroatoms. The lowest BCUT2D eigenvalue weighted by molar-refractivity contribution is -0.135. The van der Waals surface area contributed by atoms with Crippen LogP contribution in [0.3, 0.4) is 0 Å². The Hall–Kier alpha value is -1.50. The molecule has 0 spiro atoms. The predicted molar refractivity (Wildman–Crippen MR) is 61.3 cm³/mol. The summed E-state index contributed by atoms with van der Waals surface area (Å²) in [6.07, 6.45) is 5.07. The van der Waals surface area contributed by atoms with E-state index >= 15 is 0 Å². The topological polar surface area (TPSA) is 58.2 Å². The van der Waals surface area contributed by atoms with Gasteiger partial charge in [-0.2, -0.15) is 0 Å². The Morgan fingerprint density at radius 2 is 2.25 bits per heavy atom. The Morgan fingerprint density at radius 1 is 1.62 bits per heavy atom. The summed E-state index contributed by atoms with van der Waals surface area (Å²) in [5.74, 6) is 1.25. The fourth-order valence-corrected chi connectivity index (χ4v) is 1.98. The molecule has 2 amide bonds. The van der Waals surface area contributed by atoms with Crippen molar-refractivity contribution in [3.8, 4) is 12.3 Å². The van der Waals surface area contributed by atoms with Crippen molar-refractivity contribution < 1.29 is 9.59 Å². The minimum atomic E-state index is -0.617. The molecule has 1 aliphatic heterocycles. The van der Waals surface area contributed by atoms with Crippen molar-refractivity contribution >= 4 is 11.8 Å². The van der Waals surface area contributed by atoms with Crippen LogP contribution in [0.5, 0.6) is 0 Å². The summed E-state index contributed by atoms with van der Waals surface area (Å²) in [7, 11) is 0. The summed E-state index contributed by atoms with van der Waals surface area (Å²) in [5, 5.41) is 5.30. The molecule has 0 aromatic rings. The van der Waals surface area contributed by atoms with Crippen LogP contribution in [0.1, 0.15) is 20.8 Å². The number of carbonyl (C=O) groups excluding carboxylic acids is 2. The van der Waals surface area contributed by atoms with Gasteiger partial charge in [0.2, 0.25) is 11.8 Å². The Morgan fingerprint density at radius 3 is 2.75 bits per heavy atom. The van der Waals surface area contributed by atoms with Crippen LogP contribution in [0.25, 0.3) is 0 Å². The Bertz CT molecular complexity index is 336. The van der Waals surface area contributed by atoms with Crippen molar-refractivity contribution in [2.75, 3.05) is 13.1 Å². The van der Waals surface area contributed by atoms with Crippen LogP contribution in [-0.2, 0) is 9.59 Å². The van der Waals surface area contributed by atoms with E-state index < -0.39 is 5.92 Å². The second-order valence-corrected chi connectivity index (χ2v) is 5.12. The molecule has 4 nitrogen and oxygen atoms in total. The average Bonchev–Trinajstić information content (AvgIpc) is 2.56. The highest BCUT2D eigenvalue weighted by Crippen LogP contribution is 2.35. The highest BCUT2D eigenvalue weighted by Gasteiger charge is 2.45. The summed E-state index contributed by atoms with van der Waals surface area (Å²) in [5.41, 5.74) is -0.0860. The maximum absolute atomic E-state index is 11.8. The number of rotatable bonds is 2. The van der Waals surface area contributed by atoms with Gasteiger partial charge in [-0.25, -0.2) is 0 Å². The molecule has 1 saturated heterocycles. The Labute approximate surface area is 96.2 Å². The van der Waals surface area contributed by atoms with Gasteiger partial charge in [-0.3, -0.25) is 9.59 Å². The molecule has 16 heavy (non-hydrogen) atoms. The largest absolute Gasteiger partial charge is 0.355 e. The standard InChI is InChI=1S/C12H18N2O2/c1-5-6-13-10(15)9-8(12(2,3)4)7-14-11(9)16/h1,8-9H,6-7H2,2-4H3,(H,13,15)(H,14,16)/t8-,9-/m1/s1. The van der Waals surface area contributed by atoms with Gasteiger partial charge in [-0.15, -0.1) is 6.42 Å². The van der Waals surface area contributed by atoms with Crippen molar-refractivity contribution in [1.29, 1.82) is 0 Å². The maximum Gasteiger partial charge on any atom is 0.233 e.